The fourth-order valence-corrected chi connectivity index (χ4v) is 8.27. The van der Waals surface area contributed by atoms with E-state index in [0.717, 1.165) is 18.2 Å². The highest BCUT2D eigenvalue weighted by molar-refractivity contribution is 5.99. The molecular weight excluding hydrogens is 1270 g/mol. The van der Waals surface area contributed by atoms with Gasteiger partial charge in [-0.2, -0.15) is 26.3 Å². The molecule has 0 bridgehead atoms. The second-order valence-electron chi connectivity index (χ2n) is 18.9. The van der Waals surface area contributed by atoms with Crippen LogP contribution in [-0.4, -0.2) is 186 Å². The number of piperazine rings is 2. The largest absolute Gasteiger partial charge is 0.507 e. The molecule has 0 atom stereocenters. The topological polar surface area (TPSA) is 298 Å². The number of carbonyl (C=O) groups excluding carboxylic acids is 8. The number of ether oxygens (including phenoxy) is 5. The van der Waals surface area contributed by atoms with Crippen LogP contribution in [0.3, 0.4) is 0 Å². The number of aliphatic carboxylic acids is 1. The van der Waals surface area contributed by atoms with Gasteiger partial charge in [0, 0.05) is 73.5 Å². The smallest absolute Gasteiger partial charge is 0.417 e. The molecular formula is C67H79F6N7O16. The zero-order valence-electron chi connectivity index (χ0n) is 54.4. The molecule has 520 valence electrons. The number of carbonyl (C=O) groups is 9. The molecule has 8 rings (SSSR count). The second-order valence-corrected chi connectivity index (χ2v) is 18.9. The van der Waals surface area contributed by atoms with Crippen molar-refractivity contribution in [1.29, 1.82) is 0 Å². The Labute approximate surface area is 551 Å². The lowest BCUT2D eigenvalue weighted by Gasteiger charge is -2.35. The Morgan fingerprint density at radius 2 is 0.771 bits per heavy atom. The maximum Gasteiger partial charge on any atom is 0.417 e. The lowest BCUT2D eigenvalue weighted by Crippen LogP contribution is -2.51. The van der Waals surface area contributed by atoms with Crippen LogP contribution < -0.4 is 35.5 Å². The zero-order valence-corrected chi connectivity index (χ0v) is 54.4. The molecule has 2 heterocycles. The normalized spacial score (nSPS) is 12.1. The van der Waals surface area contributed by atoms with Crippen LogP contribution in [0.5, 0.6) is 23.0 Å². The first-order valence-corrected chi connectivity index (χ1v) is 29.7. The Morgan fingerprint density at radius 3 is 1.17 bits per heavy atom. The number of carboxylic acid groups (broad SMARTS) is 1. The van der Waals surface area contributed by atoms with Gasteiger partial charge in [-0.1, -0.05) is 100 Å². The number of phenolic OH excluding ortho intramolecular Hbond substituents is 1. The van der Waals surface area contributed by atoms with E-state index >= 15 is 0 Å². The van der Waals surface area contributed by atoms with Crippen molar-refractivity contribution in [2.75, 3.05) is 108 Å². The van der Waals surface area contributed by atoms with Gasteiger partial charge in [0.2, 0.25) is 0 Å². The molecule has 0 radical (unpaired) electrons. The molecule has 2 fully saturated rings. The van der Waals surface area contributed by atoms with E-state index in [1.807, 2.05) is 27.7 Å². The zero-order chi connectivity index (χ0) is 72.0. The number of methoxy groups -OCH3 is 2. The summed E-state index contributed by atoms with van der Waals surface area (Å²) in [6, 6.07) is 35.4. The van der Waals surface area contributed by atoms with E-state index in [-0.39, 0.29) is 91.4 Å². The molecule has 2 saturated heterocycles. The van der Waals surface area contributed by atoms with Gasteiger partial charge in [-0.3, -0.25) is 28.8 Å². The number of nitrogens with one attached hydrogen (secondary N) is 4. The number of halogens is 6. The van der Waals surface area contributed by atoms with Gasteiger partial charge < -0.3 is 69.9 Å². The minimum absolute atomic E-state index is 0.00634. The summed E-state index contributed by atoms with van der Waals surface area (Å²) in [6.07, 6.45) is -9.14. The Morgan fingerprint density at radius 1 is 0.438 bits per heavy atom. The third-order valence-electron chi connectivity index (χ3n) is 12.9. The SMILES string of the molecule is CC.CC.CNC(=O)c1ccccc1O.CNC(=O)c1ccccc1OCC(=O)O.CNC(=O)c1ccccc1OCC(=O)OC.COC(=O)c1ccccc1OCC(=O)N1CCN(C(=O)c2ccccc2C(F)(F)F)CC1.O=C(c1ccccc1C(F)(F)F)N1CCNCC1. The van der Waals surface area contributed by atoms with E-state index in [1.54, 1.807) is 78.9 Å². The molecule has 0 unspecified atom stereocenters. The third-order valence-corrected chi connectivity index (χ3v) is 12.9. The summed E-state index contributed by atoms with van der Waals surface area (Å²) in [5.74, 6) is -3.85. The number of esters is 2. The average molecular weight is 1350 g/mol. The summed E-state index contributed by atoms with van der Waals surface area (Å²) in [4.78, 5) is 108. The minimum atomic E-state index is -4.64. The van der Waals surface area contributed by atoms with Crippen LogP contribution >= 0.6 is 0 Å². The molecule has 23 nitrogen and oxygen atoms in total. The average Bonchev–Trinajstić information content (AvgIpc) is 0.824. The lowest BCUT2D eigenvalue weighted by molar-refractivity contribution is -0.143. The summed E-state index contributed by atoms with van der Waals surface area (Å²) in [5.41, 5.74) is -1.35. The van der Waals surface area contributed by atoms with Crippen molar-refractivity contribution in [3.8, 4) is 23.0 Å². The van der Waals surface area contributed by atoms with Gasteiger partial charge in [-0.15, -0.1) is 0 Å². The van der Waals surface area contributed by atoms with Crippen molar-refractivity contribution in [1.82, 2.24) is 36.0 Å². The van der Waals surface area contributed by atoms with Crippen LogP contribution in [0.2, 0.25) is 0 Å². The lowest BCUT2D eigenvalue weighted by atomic mass is 10.1. The van der Waals surface area contributed by atoms with Crippen molar-refractivity contribution in [2.24, 2.45) is 0 Å². The first kappa shape index (κ1) is 81.4. The number of aromatic hydroxyl groups is 1. The molecule has 6 amide bonds. The summed E-state index contributed by atoms with van der Waals surface area (Å²) in [7, 11) is 7.05. The maximum atomic E-state index is 13.2. The Hall–Kier alpha value is -10.7. The number of amides is 6. The summed E-state index contributed by atoms with van der Waals surface area (Å²) in [5, 5.41) is 28.0. The van der Waals surface area contributed by atoms with E-state index in [4.69, 9.17) is 24.4 Å². The predicted molar refractivity (Wildman–Crippen MR) is 342 cm³/mol. The van der Waals surface area contributed by atoms with Crippen LogP contribution in [0, 0.1) is 0 Å². The van der Waals surface area contributed by atoms with Crippen LogP contribution in [0.25, 0.3) is 0 Å². The number of para-hydroxylation sites is 4. The first-order valence-electron chi connectivity index (χ1n) is 29.7. The molecule has 0 aliphatic carbocycles. The number of alkyl halides is 6. The molecule has 2 aliphatic rings. The van der Waals surface area contributed by atoms with E-state index in [0.29, 0.717) is 48.6 Å². The van der Waals surface area contributed by atoms with Crippen molar-refractivity contribution >= 4 is 53.4 Å². The number of benzene rings is 6. The van der Waals surface area contributed by atoms with Crippen molar-refractivity contribution in [2.45, 2.75) is 40.0 Å². The highest BCUT2D eigenvalue weighted by Gasteiger charge is 2.38. The number of hydrogen-bond donors (Lipinski definition) is 6. The van der Waals surface area contributed by atoms with Gasteiger partial charge in [0.15, 0.2) is 19.8 Å². The molecule has 96 heavy (non-hydrogen) atoms. The van der Waals surface area contributed by atoms with Crippen LogP contribution in [0.4, 0.5) is 26.3 Å². The Bertz CT molecular complexity index is 3490. The monoisotopic (exact) mass is 1350 g/mol. The van der Waals surface area contributed by atoms with Gasteiger partial charge in [-0.25, -0.2) is 14.4 Å². The summed E-state index contributed by atoms with van der Waals surface area (Å²) in [6.45, 7) is 9.57. The molecule has 0 aromatic heterocycles. The Kier molecular flexibility index (Phi) is 36.0. The van der Waals surface area contributed by atoms with E-state index in [1.165, 1.54) is 98.6 Å². The van der Waals surface area contributed by atoms with Crippen LogP contribution in [0.1, 0.15) is 101 Å². The standard InChI is InChI=1S/C22H21F3N2O5.C12H13F3N2O.C11H13NO4.C10H11NO4.C8H9NO2.2C2H6/c1-31-21(30)16-7-3-5-9-18(16)32-14-19(28)26-10-12-27(13-11-26)20(29)15-6-2-4-8-17(15)22(23,24)25;13-12(14,15)10-4-2-1-3-9(10)11(18)17-7-5-16-6-8-17;1-12-11(14)8-5-3-4-6-9(8)16-7-10(13)15-2;1-11-10(14)7-4-2-3-5-8(7)15-6-9(12)13;1-9-8(11)6-4-2-3-5-7(6)10;2*1-2/h2-9H,10-14H2,1H3;1-4,16H,5-8H2;3-6H,7H2,1-2H3,(H,12,14);2-5H,6H2,1H3,(H,11,14)(H,12,13);2-5,10H,1H3,(H,9,11);2*1-2H3. The van der Waals surface area contributed by atoms with E-state index in [9.17, 15) is 69.5 Å². The molecule has 6 aromatic rings. The number of nitrogens with zero attached hydrogens (tertiary/aromatic N) is 3. The van der Waals surface area contributed by atoms with Gasteiger partial charge in [0.25, 0.3) is 35.4 Å². The molecule has 0 spiro atoms. The predicted octanol–water partition coefficient (Wildman–Crippen LogP) is 8.52. The Balaban J connectivity index is 0.000000424. The van der Waals surface area contributed by atoms with Crippen molar-refractivity contribution in [3.63, 3.8) is 0 Å². The van der Waals surface area contributed by atoms with Gasteiger partial charge in [0.05, 0.1) is 53.2 Å². The van der Waals surface area contributed by atoms with Gasteiger partial charge >= 0.3 is 30.3 Å². The summed E-state index contributed by atoms with van der Waals surface area (Å²) < 4.78 is 103. The molecule has 0 saturated carbocycles. The number of phenols is 1. The molecule has 29 heteroatoms. The van der Waals surface area contributed by atoms with Crippen LogP contribution in [-0.2, 0) is 36.2 Å². The minimum Gasteiger partial charge on any atom is -0.507 e. The van der Waals surface area contributed by atoms with E-state index in [2.05, 4.69) is 30.7 Å². The van der Waals surface area contributed by atoms with Crippen molar-refractivity contribution < 1.29 is 103 Å². The van der Waals surface area contributed by atoms with E-state index < -0.39 is 65.4 Å². The quantitative estimate of drug-likeness (QED) is 0.0414. The molecule has 6 aromatic carbocycles. The van der Waals surface area contributed by atoms with Crippen molar-refractivity contribution in [3.05, 3.63) is 190 Å². The number of hydrogen-bond acceptors (Lipinski definition) is 16. The second kappa shape index (κ2) is 42.5. The highest BCUT2D eigenvalue weighted by Crippen LogP contribution is 2.34. The van der Waals surface area contributed by atoms with Gasteiger partial charge in [-0.05, 0) is 72.8 Å². The fourth-order valence-electron chi connectivity index (χ4n) is 8.27. The highest BCUT2D eigenvalue weighted by atomic mass is 19.4. The number of carboxylic acids is 1. The fraction of sp³-hybridized carbons (Fsp3) is 0.328. The molecule has 2 aliphatic heterocycles. The van der Waals surface area contributed by atoms with Crippen LogP contribution in [0.15, 0.2) is 146 Å². The maximum absolute atomic E-state index is 13.2. The molecule has 6 N–H and O–H groups in total. The van der Waals surface area contributed by atoms with Gasteiger partial charge in [0.1, 0.15) is 28.6 Å². The summed E-state index contributed by atoms with van der Waals surface area (Å²) >= 11 is 0. The number of rotatable bonds is 15. The third kappa shape index (κ3) is 26.4. The first-order chi connectivity index (χ1) is 45.8.